The molecule has 0 unspecified atom stereocenters. The van der Waals surface area contributed by atoms with Crippen molar-refractivity contribution in [1.82, 2.24) is 4.57 Å². The number of phenols is 1. The van der Waals surface area contributed by atoms with Crippen molar-refractivity contribution in [1.29, 1.82) is 0 Å². The number of benzene rings is 2. The normalized spacial score (nSPS) is 11.8. The molecule has 1 aromatic heterocycles. The van der Waals surface area contributed by atoms with Gasteiger partial charge in [0.2, 0.25) is 0 Å². The van der Waals surface area contributed by atoms with Crippen LogP contribution in [0.25, 0.3) is 22.0 Å². The predicted octanol–water partition coefficient (Wildman–Crippen LogP) is 2.75. The maximum absolute atomic E-state index is 13.1. The van der Waals surface area contributed by atoms with E-state index in [1.54, 1.807) is 12.1 Å². The van der Waals surface area contributed by atoms with Gasteiger partial charge in [-0.3, -0.25) is 19.7 Å². The number of nitrogens with zero attached hydrogens (tertiary/aromatic N) is 2. The number of non-ortho nitro benzene ring substituents is 1. The van der Waals surface area contributed by atoms with Crippen molar-refractivity contribution >= 4 is 39.2 Å². The van der Waals surface area contributed by atoms with Crippen LogP contribution < -0.4 is 11.3 Å². The number of phenolic OH excluding ortho intramolecular Hbond substituents is 1. The van der Waals surface area contributed by atoms with Gasteiger partial charge in [-0.05, 0) is 25.1 Å². The quantitative estimate of drug-likeness (QED) is 0.367. The first-order chi connectivity index (χ1) is 13.0. The Morgan fingerprint density at radius 3 is 2.54 bits per heavy atom. The van der Waals surface area contributed by atoms with Gasteiger partial charge >= 0.3 is 0 Å². The number of rotatable bonds is 4. The van der Waals surface area contributed by atoms with Crippen LogP contribution in [-0.2, 0) is 6.54 Å². The number of nitro groups is 1. The number of carbonyl (C=O) groups excluding carboxylic acids is 1. The van der Waals surface area contributed by atoms with Crippen LogP contribution in [-0.4, -0.2) is 26.9 Å². The number of fused-ring (bicyclic) bond motifs is 5. The van der Waals surface area contributed by atoms with Crippen molar-refractivity contribution in [3.63, 3.8) is 0 Å². The summed E-state index contributed by atoms with van der Waals surface area (Å²) in [6.45, 7) is 0.605. The van der Waals surface area contributed by atoms with Crippen LogP contribution in [0.5, 0.6) is 5.75 Å². The van der Waals surface area contributed by atoms with Gasteiger partial charge in [0, 0.05) is 29.6 Å². The summed E-state index contributed by atoms with van der Waals surface area (Å²) in [7, 11) is 0. The van der Waals surface area contributed by atoms with E-state index in [0.29, 0.717) is 29.6 Å². The summed E-state index contributed by atoms with van der Waals surface area (Å²) in [5, 5.41) is 21.7. The van der Waals surface area contributed by atoms with Gasteiger partial charge in [-0.15, -0.1) is 17.0 Å². The minimum Gasteiger partial charge on any atom is -0.507 e. The first-order valence-corrected chi connectivity index (χ1v) is 8.37. The molecule has 0 saturated heterocycles. The number of hydrogen-bond acceptors (Lipinski definition) is 6. The lowest BCUT2D eigenvalue weighted by atomic mass is 10.0. The molecule has 1 aliphatic rings. The third kappa shape index (κ3) is 2.71. The zero-order valence-corrected chi connectivity index (χ0v) is 16.3. The molecule has 144 valence electrons. The number of hydrogen-bond donors (Lipinski definition) is 2. The number of halogens is 1. The molecule has 0 aliphatic heterocycles. The van der Waals surface area contributed by atoms with Gasteiger partial charge in [-0.1, -0.05) is 12.1 Å². The van der Waals surface area contributed by atoms with Gasteiger partial charge in [-0.25, -0.2) is 0 Å². The molecule has 0 fully saturated rings. The van der Waals surface area contributed by atoms with Crippen molar-refractivity contribution in [3.05, 3.63) is 68.0 Å². The van der Waals surface area contributed by atoms with Crippen LogP contribution in [0.4, 0.5) is 5.69 Å². The van der Waals surface area contributed by atoms with Gasteiger partial charge in [0.05, 0.1) is 27.1 Å². The Balaban J connectivity index is 0.00000225. The summed E-state index contributed by atoms with van der Waals surface area (Å²) >= 11 is 0. The molecule has 1 heterocycles. The summed E-state index contributed by atoms with van der Waals surface area (Å²) in [6, 6.07) is 8.57. The van der Waals surface area contributed by atoms with Crippen LogP contribution in [0.2, 0.25) is 0 Å². The van der Waals surface area contributed by atoms with Crippen molar-refractivity contribution < 1.29 is 14.8 Å². The number of nitro benzene ring substituents is 1. The molecule has 28 heavy (non-hydrogen) atoms. The molecule has 8 nitrogen and oxygen atoms in total. The van der Waals surface area contributed by atoms with Crippen molar-refractivity contribution in [3.8, 4) is 17.0 Å². The fraction of sp³-hybridized carbons (Fsp3) is 0.158. The fourth-order valence-corrected chi connectivity index (χ4v) is 3.62. The summed E-state index contributed by atoms with van der Waals surface area (Å²) in [6.07, 6.45) is 0.495. The molecule has 0 saturated carbocycles. The van der Waals surface area contributed by atoms with E-state index in [9.17, 15) is 24.8 Å². The molecule has 0 spiro atoms. The number of aromatic hydroxyl groups is 1. The summed E-state index contributed by atoms with van der Waals surface area (Å²) in [5.74, 6) is -0.569. The Hall–Kier alpha value is -3.04. The molecule has 0 radical (unpaired) electrons. The number of carbonyl (C=O) groups is 1. The predicted molar refractivity (Wildman–Crippen MR) is 109 cm³/mol. The highest BCUT2D eigenvalue weighted by Crippen LogP contribution is 2.43. The number of pyridine rings is 1. The zero-order chi connectivity index (χ0) is 19.3. The topological polar surface area (TPSA) is 128 Å². The molecule has 0 atom stereocenters. The lowest BCUT2D eigenvalue weighted by Gasteiger charge is -2.14. The Labute approximate surface area is 169 Å². The van der Waals surface area contributed by atoms with Crippen molar-refractivity contribution in [2.75, 3.05) is 6.54 Å². The first-order valence-electron chi connectivity index (χ1n) is 8.37. The third-order valence-electron chi connectivity index (χ3n) is 4.80. The second kappa shape index (κ2) is 7.17. The second-order valence-electron chi connectivity index (χ2n) is 6.34. The van der Waals surface area contributed by atoms with E-state index in [4.69, 9.17) is 5.73 Å². The largest absolute Gasteiger partial charge is 0.507 e. The van der Waals surface area contributed by atoms with E-state index in [-0.39, 0.29) is 51.5 Å². The van der Waals surface area contributed by atoms with Crippen LogP contribution in [0.3, 0.4) is 0 Å². The third-order valence-corrected chi connectivity index (χ3v) is 4.80. The van der Waals surface area contributed by atoms with Crippen LogP contribution in [0.15, 0.2) is 41.2 Å². The zero-order valence-electron chi connectivity index (χ0n) is 14.5. The van der Waals surface area contributed by atoms with E-state index in [0.717, 1.165) is 0 Å². The summed E-state index contributed by atoms with van der Waals surface area (Å²) < 4.78 is 1.43. The van der Waals surface area contributed by atoms with Gasteiger partial charge in [0.15, 0.2) is 5.78 Å². The van der Waals surface area contributed by atoms with Gasteiger partial charge in [0.1, 0.15) is 5.75 Å². The smallest absolute Gasteiger partial charge is 0.270 e. The maximum Gasteiger partial charge on any atom is 0.270 e. The Bertz CT molecular complexity index is 1200. The molecule has 2 aromatic carbocycles. The Morgan fingerprint density at radius 2 is 1.86 bits per heavy atom. The minimum absolute atomic E-state index is 0. The molecule has 4 rings (SSSR count). The first kappa shape index (κ1) is 19.7. The van der Waals surface area contributed by atoms with Crippen LogP contribution >= 0.6 is 17.0 Å². The summed E-state index contributed by atoms with van der Waals surface area (Å²) in [5.41, 5.74) is 6.24. The van der Waals surface area contributed by atoms with Gasteiger partial charge in [0.25, 0.3) is 11.2 Å². The molecule has 1 aliphatic carbocycles. The molecular formula is C19H16BrN3O5. The molecular weight excluding hydrogens is 430 g/mol. The molecule has 9 heteroatoms. The Kier molecular flexibility index (Phi) is 5.05. The van der Waals surface area contributed by atoms with E-state index >= 15 is 0 Å². The van der Waals surface area contributed by atoms with Crippen LogP contribution in [0, 0.1) is 10.1 Å². The van der Waals surface area contributed by atoms with E-state index in [1.165, 1.54) is 28.8 Å². The average molecular weight is 446 g/mol. The van der Waals surface area contributed by atoms with E-state index < -0.39 is 16.3 Å². The number of ketones is 1. The SMILES string of the molecule is Br.NCCCn1c2c(c3ccc([N+](=O)[O-])cc3c1=O)C(=O)c1c(O)cccc1-2. The monoisotopic (exact) mass is 445 g/mol. The Morgan fingerprint density at radius 1 is 1.11 bits per heavy atom. The van der Waals surface area contributed by atoms with Gasteiger partial charge in [-0.2, -0.15) is 0 Å². The van der Waals surface area contributed by atoms with Crippen LogP contribution in [0.1, 0.15) is 22.3 Å². The van der Waals surface area contributed by atoms with E-state index in [1.807, 2.05) is 0 Å². The fourth-order valence-electron chi connectivity index (χ4n) is 3.62. The average Bonchev–Trinajstić information content (AvgIpc) is 2.95. The standard InChI is InChI=1S/C19H15N3O5.BrH/c20-7-2-8-21-17-12-3-1-4-14(23)15(12)18(24)16(17)11-6-5-10(22(26)27)9-13(11)19(21)25;/h1,3-6,9,23H,2,7-8,20H2;1H. The van der Waals surface area contributed by atoms with Gasteiger partial charge < -0.3 is 15.4 Å². The minimum atomic E-state index is -0.585. The highest BCUT2D eigenvalue weighted by Gasteiger charge is 2.34. The molecule has 3 aromatic rings. The second-order valence-corrected chi connectivity index (χ2v) is 6.34. The van der Waals surface area contributed by atoms with E-state index in [2.05, 4.69) is 0 Å². The summed E-state index contributed by atoms with van der Waals surface area (Å²) in [4.78, 5) is 36.7. The number of aromatic nitrogens is 1. The molecule has 0 amide bonds. The lowest BCUT2D eigenvalue weighted by molar-refractivity contribution is -0.384. The highest BCUT2D eigenvalue weighted by molar-refractivity contribution is 8.93. The highest BCUT2D eigenvalue weighted by atomic mass is 79.9. The lowest BCUT2D eigenvalue weighted by Crippen LogP contribution is -2.24. The maximum atomic E-state index is 13.1. The van der Waals surface area contributed by atoms with Crippen molar-refractivity contribution in [2.24, 2.45) is 5.73 Å². The number of nitrogens with two attached hydrogens (primary N) is 1. The molecule has 0 bridgehead atoms. The molecule has 3 N–H and O–H groups in total. The van der Waals surface area contributed by atoms with Crippen molar-refractivity contribution in [2.45, 2.75) is 13.0 Å².